The van der Waals surface area contributed by atoms with Crippen molar-refractivity contribution in [2.75, 3.05) is 0 Å². The summed E-state index contributed by atoms with van der Waals surface area (Å²) < 4.78 is 11.4. The monoisotopic (exact) mass is 1270 g/mol. The normalized spacial score (nSPS) is 10.6. The zero-order valence-electron chi connectivity index (χ0n) is 36.5. The molecule has 2 heterocycles. The molecule has 12 aromatic rings. The molecular weight excluding hydrogens is 1230 g/mol. The van der Waals surface area contributed by atoms with Gasteiger partial charge in [0, 0.05) is 21.5 Å². The van der Waals surface area contributed by atoms with Crippen LogP contribution in [-0.2, 0) is 44.8 Å². The van der Waals surface area contributed by atoms with Gasteiger partial charge in [0.05, 0.1) is 11.2 Å². The topological polar surface area (TPSA) is 26.3 Å². The quantitative estimate of drug-likeness (QED) is 0.0718. The molecule has 0 saturated carbocycles. The maximum Gasteiger partial charge on any atom is 1.00 e. The third-order valence-electron chi connectivity index (χ3n) is 11.8. The molecule has 0 radical (unpaired) electrons. The average Bonchev–Trinajstić information content (AvgIpc) is 3.97. The summed E-state index contributed by atoms with van der Waals surface area (Å²) >= 11 is 0. The van der Waals surface area contributed by atoms with Crippen LogP contribution in [0.15, 0.2) is 251 Å². The average molecular weight is 1270 g/mol. The molecular formula is C62H42Au2O2P2+2. The van der Waals surface area contributed by atoms with E-state index in [0.717, 1.165) is 43.9 Å². The Morgan fingerprint density at radius 2 is 0.603 bits per heavy atom. The van der Waals surface area contributed by atoms with Gasteiger partial charge >= 0.3 is 44.8 Å². The van der Waals surface area contributed by atoms with Gasteiger partial charge in [0.1, 0.15) is 58.8 Å². The van der Waals surface area contributed by atoms with Gasteiger partial charge in [-0.3, -0.25) is 11.8 Å². The number of benzene rings is 10. The molecule has 0 fully saturated rings. The third kappa shape index (κ3) is 10.0. The van der Waals surface area contributed by atoms with Gasteiger partial charge in [0.25, 0.3) is 0 Å². The van der Waals surface area contributed by atoms with Crippen LogP contribution >= 0.6 is 15.8 Å². The standard InChI is InChI=1S/C34H26P2.2C14H7O.2Au/c1-5-17-29(18-6-1)35(30-19-7-2-8-20-30)33-25-27-15-13-14-16-28(27)26-34(33)36(31-21-9-3-10-22-31)32-23-11-4-12-24-32;2*1-2-10-6-5-8-12-11-7-3-4-9-13(11)15-14(10)12;;/h1-26H;2*3-9H;;/q;2*-1;2*+1/p+2. The van der Waals surface area contributed by atoms with Crippen molar-refractivity contribution in [3.63, 3.8) is 0 Å². The van der Waals surface area contributed by atoms with E-state index in [0.29, 0.717) is 11.1 Å². The Kier molecular flexibility index (Phi) is 15.9. The van der Waals surface area contributed by atoms with E-state index in [-0.39, 0.29) is 44.8 Å². The first kappa shape index (κ1) is 48.0. The summed E-state index contributed by atoms with van der Waals surface area (Å²) in [6.45, 7) is 0. The second-order valence-electron chi connectivity index (χ2n) is 15.8. The first-order chi connectivity index (χ1) is 32.7. The molecule has 12 rings (SSSR count). The Bertz CT molecular complexity index is 3360. The maximum absolute atomic E-state index is 7.19. The van der Waals surface area contributed by atoms with Gasteiger partial charge in [-0.1, -0.05) is 169 Å². The zero-order valence-corrected chi connectivity index (χ0v) is 42.8. The van der Waals surface area contributed by atoms with Crippen molar-refractivity contribution in [3.05, 3.63) is 267 Å². The first-order valence-corrected chi connectivity index (χ1v) is 24.8. The molecule has 0 amide bonds. The van der Waals surface area contributed by atoms with Crippen LogP contribution in [-0.4, -0.2) is 0 Å². The van der Waals surface area contributed by atoms with Crippen molar-refractivity contribution in [3.8, 4) is 11.8 Å². The molecule has 332 valence electrons. The number of hydrogen-bond donors (Lipinski definition) is 0. The van der Waals surface area contributed by atoms with Crippen LogP contribution in [0.3, 0.4) is 0 Å². The zero-order chi connectivity index (χ0) is 44.7. The minimum Gasteiger partial charge on any atom is -0.474 e. The van der Waals surface area contributed by atoms with E-state index in [9.17, 15) is 0 Å². The fourth-order valence-electron chi connectivity index (χ4n) is 8.72. The van der Waals surface area contributed by atoms with Crippen molar-refractivity contribution in [2.45, 2.75) is 0 Å². The number of furan rings is 2. The molecule has 0 unspecified atom stereocenters. The van der Waals surface area contributed by atoms with Gasteiger partial charge in [-0.05, 0) is 83.6 Å². The van der Waals surface area contributed by atoms with Crippen LogP contribution in [0.2, 0.25) is 0 Å². The molecule has 0 aliphatic carbocycles. The minimum atomic E-state index is -1.23. The van der Waals surface area contributed by atoms with Crippen LogP contribution in [0, 0.1) is 24.7 Å². The van der Waals surface area contributed by atoms with E-state index in [1.54, 1.807) is 0 Å². The molecule has 68 heavy (non-hydrogen) atoms. The number of hydrogen-bond acceptors (Lipinski definition) is 2. The van der Waals surface area contributed by atoms with Crippen molar-refractivity contribution in [1.82, 2.24) is 0 Å². The van der Waals surface area contributed by atoms with Gasteiger partial charge in [-0.15, -0.1) is 12.1 Å². The Labute approximate surface area is 431 Å². The number of para-hydroxylation sites is 4. The van der Waals surface area contributed by atoms with E-state index < -0.39 is 15.8 Å². The molecule has 0 bridgehead atoms. The maximum atomic E-state index is 7.19. The molecule has 0 aliphatic heterocycles. The van der Waals surface area contributed by atoms with E-state index in [4.69, 9.17) is 21.7 Å². The third-order valence-corrected chi connectivity index (χ3v) is 17.5. The van der Waals surface area contributed by atoms with Crippen molar-refractivity contribution in [2.24, 2.45) is 0 Å². The molecule has 10 aromatic carbocycles. The molecule has 0 N–H and O–H groups in total. The number of rotatable bonds is 6. The van der Waals surface area contributed by atoms with E-state index in [2.05, 4.69) is 170 Å². The van der Waals surface area contributed by atoms with Crippen molar-refractivity contribution >= 4 is 102 Å². The first-order valence-electron chi connectivity index (χ1n) is 21.8. The van der Waals surface area contributed by atoms with Gasteiger partial charge in [-0.25, -0.2) is 0 Å². The fourth-order valence-corrected chi connectivity index (χ4v) is 14.8. The largest absolute Gasteiger partial charge is 1.00 e. The summed E-state index contributed by atoms with van der Waals surface area (Å²) in [5, 5.41) is 15.6. The molecule has 0 aliphatic rings. The predicted molar refractivity (Wildman–Crippen MR) is 284 cm³/mol. The molecule has 6 heteroatoms. The van der Waals surface area contributed by atoms with E-state index in [1.807, 2.05) is 84.9 Å². The minimum absolute atomic E-state index is 0. The Balaban J connectivity index is 0.000000160. The summed E-state index contributed by atoms with van der Waals surface area (Å²) in [4.78, 5) is 0. The Morgan fingerprint density at radius 3 is 0.941 bits per heavy atom. The van der Waals surface area contributed by atoms with Gasteiger partial charge in [-0.2, -0.15) is 0 Å². The molecule has 0 atom stereocenters. The Morgan fingerprint density at radius 1 is 0.309 bits per heavy atom. The second-order valence-corrected chi connectivity index (χ2v) is 20.7. The molecule has 2 aromatic heterocycles. The summed E-state index contributed by atoms with van der Waals surface area (Å²) in [7, 11) is -2.46. The van der Waals surface area contributed by atoms with Crippen LogP contribution in [0.25, 0.3) is 54.6 Å². The molecule has 0 spiro atoms. The summed E-state index contributed by atoms with van der Waals surface area (Å²) in [6.07, 6.45) is 14.4. The smallest absolute Gasteiger partial charge is 0.474 e. The summed E-state index contributed by atoms with van der Waals surface area (Å²) in [5.41, 5.74) is 4.60. The van der Waals surface area contributed by atoms with E-state index in [1.165, 1.54) is 42.6 Å². The predicted octanol–water partition coefficient (Wildman–Crippen LogP) is 12.9. The molecule has 0 saturated heterocycles. The van der Waals surface area contributed by atoms with Crippen LogP contribution in [0.4, 0.5) is 0 Å². The van der Waals surface area contributed by atoms with Gasteiger partial charge in [0.15, 0.2) is 0 Å². The Hall–Kier alpha value is -6.48. The van der Waals surface area contributed by atoms with Crippen LogP contribution in [0.1, 0.15) is 11.1 Å². The van der Waals surface area contributed by atoms with Crippen LogP contribution in [0.5, 0.6) is 0 Å². The second kappa shape index (κ2) is 22.5. The van der Waals surface area contributed by atoms with E-state index >= 15 is 0 Å². The van der Waals surface area contributed by atoms with Crippen molar-refractivity contribution < 1.29 is 53.6 Å². The summed E-state index contributed by atoms with van der Waals surface area (Å²) in [5.74, 6) is 4.77. The van der Waals surface area contributed by atoms with Crippen LogP contribution < -0.4 is 31.8 Å². The summed E-state index contributed by atoms with van der Waals surface area (Å²) in [6, 6.07) is 85.6. The van der Waals surface area contributed by atoms with Crippen molar-refractivity contribution in [1.29, 1.82) is 0 Å². The van der Waals surface area contributed by atoms with Gasteiger partial charge in [0.2, 0.25) is 0 Å². The van der Waals surface area contributed by atoms with Gasteiger partial charge < -0.3 is 21.7 Å². The molecule has 2 nitrogen and oxygen atoms in total. The SMILES string of the molecule is [Au+].[Au+].[C-]#Cc1cccc2c1oc1ccccc12.[C-]#Cc1cccc2c1oc1ccccc12.c1ccc([PH+](c2ccccc2)c2cc3ccccc3cc2[PH+](c2ccccc2)c2ccccc2)cc1. The fraction of sp³-hybridized carbons (Fsp3) is 0. The number of fused-ring (bicyclic) bond motifs is 7.